The smallest absolute Gasteiger partial charge is 0.222 e. The van der Waals surface area contributed by atoms with Crippen molar-refractivity contribution in [1.82, 2.24) is 5.32 Å². The Bertz CT molecular complexity index is 905. The second-order valence-corrected chi connectivity index (χ2v) is 8.90. The van der Waals surface area contributed by atoms with Gasteiger partial charge in [-0.3, -0.25) is 4.79 Å². The second kappa shape index (κ2) is 8.01. The van der Waals surface area contributed by atoms with Crippen LogP contribution in [0.2, 0.25) is 0 Å². The van der Waals surface area contributed by atoms with Crippen LogP contribution in [0.25, 0.3) is 0 Å². The molecule has 2 rings (SSSR count). The van der Waals surface area contributed by atoms with Gasteiger partial charge in [0.1, 0.15) is 0 Å². The molecule has 0 aromatic heterocycles. The molecule has 2 atom stereocenters. The van der Waals surface area contributed by atoms with Crippen LogP contribution in [0, 0.1) is 13.8 Å². The van der Waals surface area contributed by atoms with Gasteiger partial charge in [0, 0.05) is 18.7 Å². The van der Waals surface area contributed by atoms with E-state index in [0.717, 1.165) is 22.3 Å². The van der Waals surface area contributed by atoms with Gasteiger partial charge in [-0.05, 0) is 49.6 Å². The van der Waals surface area contributed by atoms with Crippen molar-refractivity contribution in [2.75, 3.05) is 6.26 Å². The molecule has 2 aromatic carbocycles. The number of hydrogen-bond acceptors (Lipinski definition) is 4. The molecule has 0 aliphatic rings. The second-order valence-electron chi connectivity index (χ2n) is 6.89. The lowest BCUT2D eigenvalue weighted by atomic mass is 9.93. The summed E-state index contributed by atoms with van der Waals surface area (Å²) < 4.78 is 23.8. The molecule has 5 nitrogen and oxygen atoms in total. The van der Waals surface area contributed by atoms with Crippen LogP contribution in [0.4, 0.5) is 0 Å². The van der Waals surface area contributed by atoms with Gasteiger partial charge in [0.15, 0.2) is 9.84 Å². The van der Waals surface area contributed by atoms with Crippen LogP contribution < -0.4 is 11.1 Å². The van der Waals surface area contributed by atoms with Crippen molar-refractivity contribution in [2.45, 2.75) is 44.2 Å². The van der Waals surface area contributed by atoms with E-state index in [4.69, 9.17) is 5.73 Å². The van der Waals surface area contributed by atoms with Gasteiger partial charge in [0.05, 0.1) is 10.9 Å². The van der Waals surface area contributed by atoms with Gasteiger partial charge in [-0.25, -0.2) is 8.42 Å². The highest BCUT2D eigenvalue weighted by Gasteiger charge is 2.21. The highest BCUT2D eigenvalue weighted by Crippen LogP contribution is 2.27. The van der Waals surface area contributed by atoms with E-state index in [9.17, 15) is 13.2 Å². The first-order valence-corrected chi connectivity index (χ1v) is 10.4. The maximum absolute atomic E-state index is 12.4. The van der Waals surface area contributed by atoms with Crippen molar-refractivity contribution < 1.29 is 13.2 Å². The highest BCUT2D eigenvalue weighted by atomic mass is 32.2. The number of sulfone groups is 1. The summed E-state index contributed by atoms with van der Waals surface area (Å²) in [6, 6.07) is 12.0. The van der Waals surface area contributed by atoms with Crippen LogP contribution in [-0.2, 0) is 14.6 Å². The number of amides is 1. The van der Waals surface area contributed by atoms with Crippen molar-refractivity contribution in [1.29, 1.82) is 0 Å². The summed E-state index contributed by atoms with van der Waals surface area (Å²) in [6.45, 7) is 5.76. The molecule has 0 bridgehead atoms. The van der Waals surface area contributed by atoms with Crippen molar-refractivity contribution in [2.24, 2.45) is 5.73 Å². The number of carbonyl (C=O) groups is 1. The first kappa shape index (κ1) is 20.1. The van der Waals surface area contributed by atoms with Crippen LogP contribution in [0.3, 0.4) is 0 Å². The summed E-state index contributed by atoms with van der Waals surface area (Å²) in [4.78, 5) is 12.6. The molecule has 2 unspecified atom stereocenters. The van der Waals surface area contributed by atoms with Gasteiger partial charge in [0.25, 0.3) is 0 Å². The fraction of sp³-hybridized carbons (Fsp3) is 0.350. The summed E-state index contributed by atoms with van der Waals surface area (Å²) in [5.74, 6) is -0.172. The maximum atomic E-state index is 12.4. The van der Waals surface area contributed by atoms with Crippen molar-refractivity contribution in [3.05, 3.63) is 64.7 Å². The van der Waals surface area contributed by atoms with E-state index in [1.807, 2.05) is 38.1 Å². The van der Waals surface area contributed by atoms with Crippen LogP contribution in [0.5, 0.6) is 0 Å². The first-order valence-electron chi connectivity index (χ1n) is 8.50. The Balaban J connectivity index is 2.52. The van der Waals surface area contributed by atoms with E-state index >= 15 is 0 Å². The van der Waals surface area contributed by atoms with Gasteiger partial charge >= 0.3 is 0 Å². The molecule has 0 radical (unpaired) electrons. The van der Waals surface area contributed by atoms with Gasteiger partial charge < -0.3 is 11.1 Å². The van der Waals surface area contributed by atoms with Crippen LogP contribution in [-0.4, -0.2) is 26.6 Å². The molecule has 0 spiro atoms. The lowest BCUT2D eigenvalue weighted by Crippen LogP contribution is -2.33. The summed E-state index contributed by atoms with van der Waals surface area (Å²) in [6.07, 6.45) is 1.38. The quantitative estimate of drug-likeness (QED) is 0.813. The molecular weight excluding hydrogens is 348 g/mol. The average Bonchev–Trinajstić information content (AvgIpc) is 2.52. The monoisotopic (exact) mass is 374 g/mol. The van der Waals surface area contributed by atoms with Crippen LogP contribution in [0.1, 0.15) is 41.6 Å². The number of carbonyl (C=O) groups excluding carboxylic acids is 1. The molecule has 140 valence electrons. The lowest BCUT2D eigenvalue weighted by Gasteiger charge is -2.23. The fourth-order valence-electron chi connectivity index (χ4n) is 2.93. The Morgan fingerprint density at radius 2 is 1.85 bits per heavy atom. The van der Waals surface area contributed by atoms with E-state index in [0.29, 0.717) is 0 Å². The zero-order valence-electron chi connectivity index (χ0n) is 15.6. The topological polar surface area (TPSA) is 89.3 Å². The number of benzene rings is 2. The van der Waals surface area contributed by atoms with E-state index in [1.54, 1.807) is 25.1 Å². The number of aryl methyl sites for hydroxylation is 2. The number of nitrogens with two attached hydrogens (primary N) is 1. The van der Waals surface area contributed by atoms with E-state index in [-0.39, 0.29) is 23.3 Å². The minimum atomic E-state index is -3.34. The van der Waals surface area contributed by atoms with Crippen molar-refractivity contribution >= 4 is 15.7 Å². The third-order valence-corrected chi connectivity index (χ3v) is 5.28. The Hall–Kier alpha value is -2.18. The summed E-state index contributed by atoms with van der Waals surface area (Å²) in [5, 5.41) is 3.01. The Morgan fingerprint density at radius 1 is 1.15 bits per heavy atom. The molecule has 3 N–H and O–H groups in total. The van der Waals surface area contributed by atoms with Crippen molar-refractivity contribution in [3.8, 4) is 0 Å². The summed E-state index contributed by atoms with van der Waals surface area (Å²) >= 11 is 0. The molecule has 2 aromatic rings. The van der Waals surface area contributed by atoms with E-state index < -0.39 is 15.9 Å². The number of rotatable bonds is 6. The first-order chi connectivity index (χ1) is 12.1. The SMILES string of the molecule is Cc1ccc(C(NC(=O)CC(C)N)c2cccc(S(C)(=O)=O)c2)c(C)c1. The molecule has 0 heterocycles. The molecule has 26 heavy (non-hydrogen) atoms. The highest BCUT2D eigenvalue weighted by molar-refractivity contribution is 7.90. The fourth-order valence-corrected chi connectivity index (χ4v) is 3.60. The third-order valence-electron chi connectivity index (χ3n) is 4.17. The summed E-state index contributed by atoms with van der Waals surface area (Å²) in [5.41, 5.74) is 9.54. The minimum absolute atomic E-state index is 0.172. The molecular formula is C20H26N2O3S. The van der Waals surface area contributed by atoms with Gasteiger partial charge in [-0.2, -0.15) is 0 Å². The Labute approximate surface area is 155 Å². The van der Waals surface area contributed by atoms with Crippen molar-refractivity contribution in [3.63, 3.8) is 0 Å². The third kappa shape index (κ3) is 5.16. The molecule has 0 saturated carbocycles. The molecule has 1 amide bonds. The molecule has 0 aliphatic heterocycles. The number of hydrogen-bond donors (Lipinski definition) is 2. The molecule has 0 fully saturated rings. The van der Waals surface area contributed by atoms with Gasteiger partial charge in [-0.15, -0.1) is 0 Å². The largest absolute Gasteiger partial charge is 0.345 e. The lowest BCUT2D eigenvalue weighted by molar-refractivity contribution is -0.121. The zero-order valence-corrected chi connectivity index (χ0v) is 16.4. The summed E-state index contributed by atoms with van der Waals surface area (Å²) in [7, 11) is -3.34. The molecule has 0 saturated heterocycles. The maximum Gasteiger partial charge on any atom is 0.222 e. The Morgan fingerprint density at radius 3 is 2.42 bits per heavy atom. The normalized spacial score (nSPS) is 13.9. The minimum Gasteiger partial charge on any atom is -0.345 e. The number of nitrogens with one attached hydrogen (secondary N) is 1. The molecule has 6 heteroatoms. The van der Waals surface area contributed by atoms with E-state index in [1.165, 1.54) is 6.26 Å². The van der Waals surface area contributed by atoms with E-state index in [2.05, 4.69) is 5.32 Å². The predicted octanol–water partition coefficient (Wildman–Crippen LogP) is 2.65. The standard InChI is InChI=1S/C20H26N2O3S/c1-13-8-9-18(14(2)10-13)20(22-19(23)11-15(3)21)16-6-5-7-17(12-16)26(4,24)25/h5-10,12,15,20H,11,21H2,1-4H3,(H,22,23). The van der Waals surface area contributed by atoms with Gasteiger partial charge in [-0.1, -0.05) is 35.9 Å². The average molecular weight is 375 g/mol. The zero-order chi connectivity index (χ0) is 19.5. The Kier molecular flexibility index (Phi) is 6.21. The molecule has 0 aliphatic carbocycles. The van der Waals surface area contributed by atoms with Crippen LogP contribution in [0.15, 0.2) is 47.4 Å². The predicted molar refractivity (Wildman–Crippen MR) is 104 cm³/mol. The van der Waals surface area contributed by atoms with Crippen LogP contribution >= 0.6 is 0 Å². The van der Waals surface area contributed by atoms with Gasteiger partial charge in [0.2, 0.25) is 5.91 Å².